The number of amides is 2. The molecule has 0 saturated heterocycles. The average molecular weight is 420 g/mol. The van der Waals surface area contributed by atoms with Crippen molar-refractivity contribution >= 4 is 6.03 Å². The van der Waals surface area contributed by atoms with Gasteiger partial charge in [0, 0.05) is 12.1 Å². The van der Waals surface area contributed by atoms with Gasteiger partial charge in [0.25, 0.3) is 0 Å². The average Bonchev–Trinajstić information content (AvgIpc) is 3.02. The highest BCUT2D eigenvalue weighted by Crippen LogP contribution is 2.25. The van der Waals surface area contributed by atoms with Crippen molar-refractivity contribution < 1.29 is 18.7 Å². The summed E-state index contributed by atoms with van der Waals surface area (Å²) in [6.07, 6.45) is 0. The molecule has 0 atom stereocenters. The Hall–Kier alpha value is -3.38. The molecule has 5 nitrogen and oxygen atoms in total. The summed E-state index contributed by atoms with van der Waals surface area (Å²) in [4.78, 5) is 14.4. The molecule has 0 radical (unpaired) electrons. The van der Waals surface area contributed by atoms with Gasteiger partial charge in [-0.15, -0.1) is 0 Å². The smallest absolute Gasteiger partial charge is 0.318 e. The van der Waals surface area contributed by atoms with Gasteiger partial charge in [0.05, 0.1) is 26.3 Å². The molecule has 0 unspecified atom stereocenters. The first-order valence-electron chi connectivity index (χ1n) is 10.3. The molecule has 0 fully saturated rings. The van der Waals surface area contributed by atoms with Gasteiger partial charge in [-0.25, -0.2) is 9.18 Å². The molecule has 1 heterocycles. The van der Waals surface area contributed by atoms with Gasteiger partial charge in [-0.3, -0.25) is 0 Å². The third-order valence-electron chi connectivity index (χ3n) is 5.13. The summed E-state index contributed by atoms with van der Waals surface area (Å²) in [5, 5.41) is 2.98. The lowest BCUT2D eigenvalue weighted by molar-refractivity contribution is 0.107. The molecule has 3 aromatic rings. The monoisotopic (exact) mass is 420 g/mol. The van der Waals surface area contributed by atoms with Crippen molar-refractivity contribution in [2.45, 2.75) is 26.3 Å². The van der Waals surface area contributed by atoms with Crippen LogP contribution in [0.1, 0.15) is 22.3 Å². The molecule has 0 saturated carbocycles. The molecule has 1 aliphatic rings. The fourth-order valence-electron chi connectivity index (χ4n) is 3.46. The number of rotatable bonds is 6. The summed E-state index contributed by atoms with van der Waals surface area (Å²) < 4.78 is 24.6. The molecule has 0 aliphatic carbocycles. The van der Waals surface area contributed by atoms with E-state index in [9.17, 15) is 9.18 Å². The summed E-state index contributed by atoms with van der Waals surface area (Å²) in [5.41, 5.74) is 3.93. The predicted molar refractivity (Wildman–Crippen MR) is 116 cm³/mol. The van der Waals surface area contributed by atoms with E-state index in [1.807, 2.05) is 48.5 Å². The van der Waals surface area contributed by atoms with Crippen molar-refractivity contribution in [3.63, 3.8) is 0 Å². The van der Waals surface area contributed by atoms with Gasteiger partial charge in [-0.05, 0) is 41.0 Å². The number of ether oxygens (including phenoxy) is 2. The summed E-state index contributed by atoms with van der Waals surface area (Å²) >= 11 is 0. The van der Waals surface area contributed by atoms with Crippen molar-refractivity contribution in [3.05, 3.63) is 101 Å². The molecule has 2 amide bonds. The first-order chi connectivity index (χ1) is 15.2. The summed E-state index contributed by atoms with van der Waals surface area (Å²) in [6, 6.07) is 21.9. The Morgan fingerprint density at radius 1 is 0.968 bits per heavy atom. The zero-order valence-corrected chi connectivity index (χ0v) is 17.2. The first kappa shape index (κ1) is 20.9. The molecule has 6 heteroatoms. The van der Waals surface area contributed by atoms with Gasteiger partial charge >= 0.3 is 6.03 Å². The highest BCUT2D eigenvalue weighted by atomic mass is 19.1. The number of nitrogens with zero attached hydrogens (tertiary/aromatic N) is 1. The Balaban J connectivity index is 1.34. The lowest BCUT2D eigenvalue weighted by Gasteiger charge is -2.20. The Morgan fingerprint density at radius 2 is 1.71 bits per heavy atom. The Labute approximate surface area is 181 Å². The van der Waals surface area contributed by atoms with E-state index in [0.29, 0.717) is 39.5 Å². The van der Waals surface area contributed by atoms with Gasteiger partial charge in [0.15, 0.2) is 0 Å². The minimum absolute atomic E-state index is 0.113. The van der Waals surface area contributed by atoms with E-state index < -0.39 is 0 Å². The van der Waals surface area contributed by atoms with Crippen LogP contribution in [0.2, 0.25) is 0 Å². The van der Waals surface area contributed by atoms with E-state index in [1.165, 1.54) is 12.1 Å². The minimum Gasteiger partial charge on any atom is -0.491 e. The molecular weight excluding hydrogens is 395 g/mol. The second-order valence-corrected chi connectivity index (χ2v) is 7.48. The Morgan fingerprint density at radius 3 is 2.52 bits per heavy atom. The van der Waals surface area contributed by atoms with E-state index in [2.05, 4.69) is 5.32 Å². The first-order valence-corrected chi connectivity index (χ1v) is 10.3. The van der Waals surface area contributed by atoms with Crippen LogP contribution in [-0.2, 0) is 31.0 Å². The van der Waals surface area contributed by atoms with Crippen LogP contribution in [0.25, 0.3) is 0 Å². The third-order valence-corrected chi connectivity index (χ3v) is 5.13. The van der Waals surface area contributed by atoms with Gasteiger partial charge in [-0.2, -0.15) is 0 Å². The molecule has 0 spiro atoms. The summed E-state index contributed by atoms with van der Waals surface area (Å²) in [5.74, 6) is 0.535. The van der Waals surface area contributed by atoms with Crippen LogP contribution in [0, 0.1) is 5.82 Å². The van der Waals surface area contributed by atoms with E-state index in [-0.39, 0.29) is 11.8 Å². The number of carbonyl (C=O) groups excluding carboxylic acids is 1. The number of carbonyl (C=O) groups is 1. The Bertz CT molecular complexity index is 1010. The molecular formula is C25H25FN2O3. The van der Waals surface area contributed by atoms with Gasteiger partial charge in [0.2, 0.25) is 0 Å². The van der Waals surface area contributed by atoms with Crippen LogP contribution in [0.15, 0.2) is 72.8 Å². The minimum atomic E-state index is -0.258. The number of benzene rings is 3. The maximum absolute atomic E-state index is 13.0. The maximum atomic E-state index is 13.0. The maximum Gasteiger partial charge on any atom is 0.318 e. The number of urea groups is 1. The van der Waals surface area contributed by atoms with Crippen LogP contribution >= 0.6 is 0 Å². The van der Waals surface area contributed by atoms with E-state index >= 15 is 0 Å². The van der Waals surface area contributed by atoms with Crippen molar-refractivity contribution in [2.24, 2.45) is 0 Å². The second kappa shape index (κ2) is 10.1. The van der Waals surface area contributed by atoms with Crippen LogP contribution in [0.5, 0.6) is 5.75 Å². The molecule has 0 aromatic heterocycles. The normalized spacial score (nSPS) is 13.1. The lowest BCUT2D eigenvalue weighted by atomic mass is 10.1. The molecule has 3 aromatic carbocycles. The molecule has 1 N–H and O–H groups in total. The van der Waals surface area contributed by atoms with Crippen LogP contribution < -0.4 is 10.1 Å². The van der Waals surface area contributed by atoms with Gasteiger partial charge in [-0.1, -0.05) is 48.5 Å². The second-order valence-electron chi connectivity index (χ2n) is 7.48. The molecule has 160 valence electrons. The highest BCUT2D eigenvalue weighted by Gasteiger charge is 2.20. The largest absolute Gasteiger partial charge is 0.491 e. The summed E-state index contributed by atoms with van der Waals surface area (Å²) in [7, 11) is 0. The van der Waals surface area contributed by atoms with Crippen molar-refractivity contribution in [2.75, 3.05) is 13.2 Å². The lowest BCUT2D eigenvalue weighted by Crippen LogP contribution is -2.40. The van der Waals surface area contributed by atoms with Crippen molar-refractivity contribution in [3.8, 4) is 5.75 Å². The SMILES string of the molecule is O=C(NCc1ccccc1)N1CCOc2ccc(COCc3ccc(F)cc3)cc2C1. The molecule has 4 rings (SSSR count). The Kier molecular flexibility index (Phi) is 6.79. The molecule has 1 aliphatic heterocycles. The number of fused-ring (bicyclic) bond motifs is 1. The fraction of sp³-hybridized carbons (Fsp3) is 0.240. The topological polar surface area (TPSA) is 50.8 Å². The highest BCUT2D eigenvalue weighted by molar-refractivity contribution is 5.74. The van der Waals surface area contributed by atoms with Crippen molar-refractivity contribution in [1.29, 1.82) is 0 Å². The van der Waals surface area contributed by atoms with Crippen LogP contribution in [0.3, 0.4) is 0 Å². The van der Waals surface area contributed by atoms with E-state index in [4.69, 9.17) is 9.47 Å². The van der Waals surface area contributed by atoms with Crippen LogP contribution in [-0.4, -0.2) is 24.1 Å². The van der Waals surface area contributed by atoms with E-state index in [0.717, 1.165) is 28.0 Å². The zero-order chi connectivity index (χ0) is 21.5. The van der Waals surface area contributed by atoms with Crippen molar-refractivity contribution in [1.82, 2.24) is 10.2 Å². The third kappa shape index (κ3) is 5.83. The number of hydrogen-bond donors (Lipinski definition) is 1. The van der Waals surface area contributed by atoms with Gasteiger partial charge < -0.3 is 19.7 Å². The number of halogens is 1. The standard InChI is InChI=1S/C25H25FN2O3/c26-23-9-6-20(7-10-23)17-30-18-21-8-11-24-22(14-21)16-28(12-13-31-24)25(29)27-15-19-4-2-1-3-5-19/h1-11,14H,12-13,15-18H2,(H,27,29). The summed E-state index contributed by atoms with van der Waals surface area (Å²) in [6.45, 7) is 2.76. The number of nitrogens with one attached hydrogen (secondary N) is 1. The predicted octanol–water partition coefficient (Wildman–Crippen LogP) is 4.65. The quantitative estimate of drug-likeness (QED) is 0.632. The fourth-order valence-corrected chi connectivity index (χ4v) is 3.46. The van der Waals surface area contributed by atoms with Gasteiger partial charge in [0.1, 0.15) is 18.2 Å². The van der Waals surface area contributed by atoms with E-state index in [1.54, 1.807) is 17.0 Å². The zero-order valence-electron chi connectivity index (χ0n) is 17.2. The van der Waals surface area contributed by atoms with Crippen LogP contribution in [0.4, 0.5) is 9.18 Å². The molecule has 0 bridgehead atoms. The molecule has 31 heavy (non-hydrogen) atoms. The number of hydrogen-bond acceptors (Lipinski definition) is 3.